The number of quaternary nitrogens is 1. The van der Waals surface area contributed by atoms with Crippen LogP contribution in [-0.2, 0) is 0 Å². The fourth-order valence-electron chi connectivity index (χ4n) is 1.98. The Bertz CT molecular complexity index is 330. The monoisotopic (exact) mass is 284 g/mol. The molecule has 1 aromatic carbocycles. The average molecular weight is 285 g/mol. The van der Waals surface area contributed by atoms with Crippen LogP contribution in [0.25, 0.3) is 0 Å². The molecular weight excluding hydrogens is 258 g/mol. The van der Waals surface area contributed by atoms with Gasteiger partial charge in [-0.3, -0.25) is 0 Å². The van der Waals surface area contributed by atoms with Crippen molar-refractivity contribution in [1.82, 2.24) is 0 Å². The van der Waals surface area contributed by atoms with Crippen molar-refractivity contribution in [1.29, 1.82) is 0 Å². The van der Waals surface area contributed by atoms with Gasteiger partial charge in [-0.1, -0.05) is 31.0 Å². The van der Waals surface area contributed by atoms with Gasteiger partial charge in [-0.15, -0.1) is 0 Å². The topological polar surface area (TPSA) is 25.8 Å². The molecule has 0 atom stereocenters. The molecule has 0 bridgehead atoms. The molecule has 0 aliphatic carbocycles. The Hall–Kier alpha value is -0.730. The van der Waals surface area contributed by atoms with Gasteiger partial charge in [0.25, 0.3) is 0 Å². The highest BCUT2D eigenvalue weighted by molar-refractivity contribution is 6.30. The van der Waals surface area contributed by atoms with Gasteiger partial charge >= 0.3 is 0 Å². The van der Waals surface area contributed by atoms with Crippen molar-refractivity contribution >= 4 is 11.6 Å². The molecule has 1 rings (SSSR count). The molecule has 2 N–H and O–H groups in total. The van der Waals surface area contributed by atoms with Crippen molar-refractivity contribution in [2.24, 2.45) is 0 Å². The van der Waals surface area contributed by atoms with Crippen LogP contribution in [0.1, 0.15) is 45.4 Å². The first-order valence-corrected chi connectivity index (χ1v) is 7.90. The van der Waals surface area contributed by atoms with E-state index in [0.29, 0.717) is 0 Å². The van der Waals surface area contributed by atoms with Crippen LogP contribution in [0.3, 0.4) is 0 Å². The Labute approximate surface area is 122 Å². The van der Waals surface area contributed by atoms with Gasteiger partial charge in [0.2, 0.25) is 0 Å². The van der Waals surface area contributed by atoms with Crippen molar-refractivity contribution in [3.63, 3.8) is 0 Å². The molecule has 2 nitrogen and oxygen atoms in total. The van der Waals surface area contributed by atoms with Crippen molar-refractivity contribution in [3.8, 4) is 5.75 Å². The zero-order chi connectivity index (χ0) is 13.8. The smallest absolute Gasteiger partial charge is 0.120 e. The van der Waals surface area contributed by atoms with E-state index in [-0.39, 0.29) is 0 Å². The van der Waals surface area contributed by atoms with E-state index < -0.39 is 0 Å². The lowest BCUT2D eigenvalue weighted by molar-refractivity contribution is -0.655. The van der Waals surface area contributed by atoms with E-state index in [1.165, 1.54) is 45.2 Å². The number of ether oxygens (including phenoxy) is 1. The van der Waals surface area contributed by atoms with Crippen molar-refractivity contribution in [3.05, 3.63) is 29.3 Å². The predicted molar refractivity (Wildman–Crippen MR) is 82.0 cm³/mol. The van der Waals surface area contributed by atoms with Crippen LogP contribution >= 0.6 is 11.6 Å². The number of rotatable bonds is 11. The van der Waals surface area contributed by atoms with Crippen molar-refractivity contribution in [2.75, 3.05) is 19.7 Å². The molecule has 0 saturated heterocycles. The van der Waals surface area contributed by atoms with Crippen LogP contribution in [0, 0.1) is 0 Å². The van der Waals surface area contributed by atoms with Gasteiger partial charge in [0, 0.05) is 5.02 Å². The molecule has 0 amide bonds. The minimum absolute atomic E-state index is 0.736. The largest absolute Gasteiger partial charge is 0.494 e. The second-order valence-corrected chi connectivity index (χ2v) is 5.38. The molecule has 0 saturated carbocycles. The average Bonchev–Trinajstić information content (AvgIpc) is 2.41. The second kappa shape index (κ2) is 11.1. The Kier molecular flexibility index (Phi) is 9.56. The number of benzene rings is 1. The molecule has 0 fully saturated rings. The summed E-state index contributed by atoms with van der Waals surface area (Å²) in [4.78, 5) is 0. The molecule has 0 unspecified atom stereocenters. The molecule has 0 aliphatic heterocycles. The highest BCUT2D eigenvalue weighted by Crippen LogP contribution is 2.17. The molecule has 19 heavy (non-hydrogen) atoms. The molecule has 0 spiro atoms. The first-order chi connectivity index (χ1) is 9.33. The van der Waals surface area contributed by atoms with E-state index in [0.717, 1.165) is 23.8 Å². The fourth-order valence-corrected chi connectivity index (χ4v) is 2.16. The molecule has 0 aliphatic rings. The summed E-state index contributed by atoms with van der Waals surface area (Å²) in [5.41, 5.74) is 0. The zero-order valence-corrected chi connectivity index (χ0v) is 12.8. The minimum atomic E-state index is 0.736. The molecule has 0 radical (unpaired) electrons. The van der Waals surface area contributed by atoms with Gasteiger partial charge in [0.05, 0.1) is 19.7 Å². The molecule has 1 aromatic rings. The van der Waals surface area contributed by atoms with Crippen molar-refractivity contribution in [2.45, 2.75) is 45.4 Å². The standard InChI is InChI=1S/C16H26ClNO/c1-2-3-11-18-12-6-4-5-7-13-19-16-10-8-9-15(17)14-16/h8-10,14,18H,2-7,11-13H2,1H3/p+1. The van der Waals surface area contributed by atoms with E-state index in [1.807, 2.05) is 24.3 Å². The van der Waals surface area contributed by atoms with E-state index in [2.05, 4.69) is 12.2 Å². The quantitative estimate of drug-likeness (QED) is 0.617. The summed E-state index contributed by atoms with van der Waals surface area (Å²) in [6, 6.07) is 7.60. The minimum Gasteiger partial charge on any atom is -0.494 e. The Morgan fingerprint density at radius 3 is 2.63 bits per heavy atom. The summed E-state index contributed by atoms with van der Waals surface area (Å²) < 4.78 is 5.65. The van der Waals surface area contributed by atoms with Crippen LogP contribution in [0.15, 0.2) is 24.3 Å². The van der Waals surface area contributed by atoms with E-state index in [9.17, 15) is 0 Å². The second-order valence-electron chi connectivity index (χ2n) is 4.94. The Morgan fingerprint density at radius 1 is 1.05 bits per heavy atom. The van der Waals surface area contributed by atoms with E-state index in [1.54, 1.807) is 0 Å². The summed E-state index contributed by atoms with van der Waals surface area (Å²) in [7, 11) is 0. The number of nitrogens with two attached hydrogens (primary N) is 1. The molecule has 3 heteroatoms. The lowest BCUT2D eigenvalue weighted by Crippen LogP contribution is -2.84. The van der Waals surface area contributed by atoms with Crippen LogP contribution in [0.2, 0.25) is 5.02 Å². The third-order valence-electron chi connectivity index (χ3n) is 3.13. The fraction of sp³-hybridized carbons (Fsp3) is 0.625. The van der Waals surface area contributed by atoms with Gasteiger partial charge < -0.3 is 10.1 Å². The normalized spacial score (nSPS) is 10.6. The van der Waals surface area contributed by atoms with E-state index >= 15 is 0 Å². The lowest BCUT2D eigenvalue weighted by Gasteiger charge is -2.06. The zero-order valence-electron chi connectivity index (χ0n) is 12.0. The molecule has 0 aromatic heterocycles. The predicted octanol–water partition coefficient (Wildman–Crippen LogP) is 3.64. The van der Waals surface area contributed by atoms with Crippen molar-refractivity contribution < 1.29 is 10.1 Å². The molecule has 108 valence electrons. The third kappa shape index (κ3) is 8.90. The maximum atomic E-state index is 5.89. The number of hydrogen-bond donors (Lipinski definition) is 1. The first kappa shape index (κ1) is 16.3. The van der Waals surface area contributed by atoms with Gasteiger partial charge in [-0.2, -0.15) is 0 Å². The molecular formula is C16H27ClNO+. The first-order valence-electron chi connectivity index (χ1n) is 7.53. The summed E-state index contributed by atoms with van der Waals surface area (Å²) in [6.07, 6.45) is 7.65. The van der Waals surface area contributed by atoms with Crippen LogP contribution in [0.5, 0.6) is 5.75 Å². The van der Waals surface area contributed by atoms with Crippen LogP contribution < -0.4 is 10.1 Å². The SMILES string of the molecule is CCCC[NH2+]CCCCCCOc1cccc(Cl)c1. The highest BCUT2D eigenvalue weighted by Gasteiger charge is 1.96. The van der Waals surface area contributed by atoms with E-state index in [4.69, 9.17) is 16.3 Å². The van der Waals surface area contributed by atoms with Gasteiger partial charge in [0.1, 0.15) is 5.75 Å². The number of halogens is 1. The third-order valence-corrected chi connectivity index (χ3v) is 3.36. The maximum absolute atomic E-state index is 5.89. The van der Waals surface area contributed by atoms with Crippen LogP contribution in [-0.4, -0.2) is 19.7 Å². The van der Waals surface area contributed by atoms with Gasteiger partial charge in [-0.05, 0) is 50.3 Å². The van der Waals surface area contributed by atoms with Gasteiger partial charge in [-0.25, -0.2) is 0 Å². The molecule has 0 heterocycles. The maximum Gasteiger partial charge on any atom is 0.120 e. The summed E-state index contributed by atoms with van der Waals surface area (Å²) >= 11 is 5.89. The number of unbranched alkanes of at least 4 members (excludes halogenated alkanes) is 4. The highest BCUT2D eigenvalue weighted by atomic mass is 35.5. The lowest BCUT2D eigenvalue weighted by atomic mass is 10.2. The van der Waals surface area contributed by atoms with Gasteiger partial charge in [0.15, 0.2) is 0 Å². The summed E-state index contributed by atoms with van der Waals surface area (Å²) in [6.45, 7) is 5.59. The Morgan fingerprint density at radius 2 is 1.84 bits per heavy atom. The number of hydrogen-bond acceptors (Lipinski definition) is 1. The Balaban J connectivity index is 1.89. The van der Waals surface area contributed by atoms with Crippen LogP contribution in [0.4, 0.5) is 0 Å². The summed E-state index contributed by atoms with van der Waals surface area (Å²) in [5.74, 6) is 0.875. The summed E-state index contributed by atoms with van der Waals surface area (Å²) in [5, 5.41) is 3.17.